The first-order valence-electron chi connectivity index (χ1n) is 9.65. The topological polar surface area (TPSA) is 89.0 Å². The molecule has 0 bridgehead atoms. The van der Waals surface area contributed by atoms with Crippen molar-refractivity contribution in [1.29, 1.82) is 0 Å². The third-order valence-corrected chi connectivity index (χ3v) is 6.43. The van der Waals surface area contributed by atoms with E-state index in [2.05, 4.69) is 14.7 Å². The number of nitrogens with zero attached hydrogens (tertiary/aromatic N) is 2. The highest BCUT2D eigenvalue weighted by molar-refractivity contribution is 7.92. The first-order valence-corrected chi connectivity index (χ1v) is 11.3. The van der Waals surface area contributed by atoms with E-state index in [1.54, 1.807) is 12.1 Å². The van der Waals surface area contributed by atoms with E-state index < -0.39 is 10.0 Å². The maximum Gasteiger partial charge on any atom is 0.232 e. The average Bonchev–Trinajstić information content (AvgIpc) is 3.40. The zero-order chi connectivity index (χ0) is 19.7. The van der Waals surface area contributed by atoms with Crippen LogP contribution in [0.15, 0.2) is 30.3 Å². The zero-order valence-electron chi connectivity index (χ0n) is 15.8. The summed E-state index contributed by atoms with van der Waals surface area (Å²) in [6.07, 6.45) is 7.60. The summed E-state index contributed by atoms with van der Waals surface area (Å²) in [7, 11) is -3.32. The minimum atomic E-state index is -3.32. The third-order valence-electron chi connectivity index (χ3n) is 4.94. The molecule has 0 atom stereocenters. The van der Waals surface area contributed by atoms with E-state index in [9.17, 15) is 13.2 Å². The van der Waals surface area contributed by atoms with Gasteiger partial charge in [-0.05, 0) is 31.4 Å². The van der Waals surface area contributed by atoms with Gasteiger partial charge in [0, 0.05) is 29.2 Å². The number of allylic oxidation sites excluding steroid dienone is 1. The standard InChI is InChI=1S/C21H23N3O3S/c1-2-12-28(26,27)24-16-10-8-15(9-11-16)21-17-4-3-5-18(17)22-20(23-21)13-19(25)14-6-7-14/h3-4,8-11,14,24H,2,5-7,12-13H2,1H3. The normalized spacial score (nSPS) is 15.5. The van der Waals surface area contributed by atoms with Crippen molar-refractivity contribution in [3.63, 3.8) is 0 Å². The van der Waals surface area contributed by atoms with Gasteiger partial charge in [-0.15, -0.1) is 0 Å². The van der Waals surface area contributed by atoms with Crippen LogP contribution in [0.2, 0.25) is 0 Å². The number of ketones is 1. The fraction of sp³-hybridized carbons (Fsp3) is 0.381. The molecule has 0 unspecified atom stereocenters. The number of Topliss-reactive ketones (excluding diaryl/α,β-unsaturated/α-hetero) is 1. The Balaban J connectivity index is 1.61. The molecule has 28 heavy (non-hydrogen) atoms. The monoisotopic (exact) mass is 397 g/mol. The van der Waals surface area contributed by atoms with Gasteiger partial charge in [0.05, 0.1) is 23.6 Å². The lowest BCUT2D eigenvalue weighted by molar-refractivity contribution is -0.119. The zero-order valence-corrected chi connectivity index (χ0v) is 16.6. The van der Waals surface area contributed by atoms with Crippen molar-refractivity contribution in [2.75, 3.05) is 10.5 Å². The van der Waals surface area contributed by atoms with E-state index in [1.807, 2.05) is 31.2 Å². The summed E-state index contributed by atoms with van der Waals surface area (Å²) in [5.74, 6) is 1.07. The van der Waals surface area contributed by atoms with Crippen LogP contribution in [0.3, 0.4) is 0 Å². The molecule has 1 fully saturated rings. The third kappa shape index (κ3) is 4.14. The maximum absolute atomic E-state index is 12.2. The Labute approximate surface area is 165 Å². The van der Waals surface area contributed by atoms with Crippen LogP contribution in [-0.4, -0.2) is 29.9 Å². The summed E-state index contributed by atoms with van der Waals surface area (Å²) >= 11 is 0. The van der Waals surface area contributed by atoms with Crippen LogP contribution in [0, 0.1) is 5.92 Å². The molecule has 0 amide bonds. The second-order valence-electron chi connectivity index (χ2n) is 7.37. The SMILES string of the molecule is CCCS(=O)(=O)Nc1ccc(-c2nc(CC(=O)C3CC3)nc3c2C=CC3)cc1. The summed E-state index contributed by atoms with van der Waals surface area (Å²) in [6.45, 7) is 1.83. The molecular weight excluding hydrogens is 374 g/mol. The number of carbonyl (C=O) groups is 1. The van der Waals surface area contributed by atoms with Gasteiger partial charge in [-0.2, -0.15) is 0 Å². The van der Waals surface area contributed by atoms with Gasteiger partial charge in [0.1, 0.15) is 11.6 Å². The highest BCUT2D eigenvalue weighted by Gasteiger charge is 2.30. The number of aromatic nitrogens is 2. The van der Waals surface area contributed by atoms with E-state index in [0.29, 0.717) is 17.9 Å². The fourth-order valence-electron chi connectivity index (χ4n) is 3.39. The summed E-state index contributed by atoms with van der Waals surface area (Å²) in [6, 6.07) is 7.19. The van der Waals surface area contributed by atoms with Crippen molar-refractivity contribution in [3.8, 4) is 11.3 Å². The molecular formula is C21H23N3O3S. The van der Waals surface area contributed by atoms with Gasteiger partial charge in [-0.1, -0.05) is 31.2 Å². The Kier molecular flexibility index (Phi) is 5.02. The molecule has 2 aliphatic rings. The molecule has 0 saturated heterocycles. The van der Waals surface area contributed by atoms with Gasteiger partial charge >= 0.3 is 0 Å². The Morgan fingerprint density at radius 1 is 1.18 bits per heavy atom. The van der Waals surface area contributed by atoms with Crippen molar-refractivity contribution in [1.82, 2.24) is 9.97 Å². The molecule has 7 heteroatoms. The number of hydrogen-bond donors (Lipinski definition) is 1. The van der Waals surface area contributed by atoms with E-state index >= 15 is 0 Å². The minimum absolute atomic E-state index is 0.0946. The minimum Gasteiger partial charge on any atom is -0.299 e. The van der Waals surface area contributed by atoms with Gasteiger partial charge in [0.2, 0.25) is 10.0 Å². The Bertz CT molecular complexity index is 1040. The smallest absolute Gasteiger partial charge is 0.232 e. The number of sulfonamides is 1. The maximum atomic E-state index is 12.2. The van der Waals surface area contributed by atoms with Gasteiger partial charge < -0.3 is 0 Å². The highest BCUT2D eigenvalue weighted by Crippen LogP contribution is 2.32. The predicted octanol–water partition coefficient (Wildman–Crippen LogP) is 3.39. The molecule has 1 aromatic heterocycles. The van der Waals surface area contributed by atoms with E-state index in [0.717, 1.165) is 41.8 Å². The molecule has 1 heterocycles. The van der Waals surface area contributed by atoms with Gasteiger partial charge in [-0.25, -0.2) is 18.4 Å². The molecule has 1 saturated carbocycles. The fourth-order valence-corrected chi connectivity index (χ4v) is 4.52. The molecule has 1 N–H and O–H groups in total. The molecule has 6 nitrogen and oxygen atoms in total. The molecule has 0 spiro atoms. The molecule has 2 aliphatic carbocycles. The first kappa shape index (κ1) is 18.8. The second-order valence-corrected chi connectivity index (χ2v) is 9.21. The van der Waals surface area contributed by atoms with Crippen LogP contribution >= 0.6 is 0 Å². The lowest BCUT2D eigenvalue weighted by Crippen LogP contribution is -2.15. The molecule has 0 radical (unpaired) electrons. The molecule has 0 aliphatic heterocycles. The summed E-state index contributed by atoms with van der Waals surface area (Å²) in [5.41, 5.74) is 4.12. The number of fused-ring (bicyclic) bond motifs is 1. The lowest BCUT2D eigenvalue weighted by atomic mass is 10.0. The van der Waals surface area contributed by atoms with Crippen LogP contribution < -0.4 is 4.72 Å². The second kappa shape index (κ2) is 7.47. The number of rotatable bonds is 8. The summed E-state index contributed by atoms with van der Waals surface area (Å²) in [4.78, 5) is 21.5. The number of nitrogens with one attached hydrogen (secondary N) is 1. The van der Waals surface area contributed by atoms with Crippen LogP contribution in [-0.2, 0) is 27.7 Å². The number of benzene rings is 1. The van der Waals surface area contributed by atoms with Crippen molar-refractivity contribution < 1.29 is 13.2 Å². The van der Waals surface area contributed by atoms with Crippen LogP contribution in [0.25, 0.3) is 17.3 Å². The first-order chi connectivity index (χ1) is 13.4. The number of anilines is 1. The summed E-state index contributed by atoms with van der Waals surface area (Å²) in [5, 5.41) is 0. The van der Waals surface area contributed by atoms with Crippen LogP contribution in [0.5, 0.6) is 0 Å². The number of carbonyl (C=O) groups excluding carboxylic acids is 1. The Morgan fingerprint density at radius 2 is 1.93 bits per heavy atom. The van der Waals surface area contributed by atoms with Crippen molar-refractivity contribution in [3.05, 3.63) is 47.4 Å². The lowest BCUT2D eigenvalue weighted by Gasteiger charge is -2.11. The molecule has 2 aromatic rings. The van der Waals surface area contributed by atoms with E-state index in [-0.39, 0.29) is 23.9 Å². The van der Waals surface area contributed by atoms with Crippen molar-refractivity contribution in [2.45, 2.75) is 39.0 Å². The van der Waals surface area contributed by atoms with Gasteiger partial charge in [-0.3, -0.25) is 9.52 Å². The predicted molar refractivity (Wildman–Crippen MR) is 109 cm³/mol. The molecule has 1 aromatic carbocycles. The Morgan fingerprint density at radius 3 is 2.61 bits per heavy atom. The van der Waals surface area contributed by atoms with Gasteiger partial charge in [0.15, 0.2) is 0 Å². The van der Waals surface area contributed by atoms with Crippen molar-refractivity contribution >= 4 is 27.6 Å². The van der Waals surface area contributed by atoms with Crippen molar-refractivity contribution in [2.24, 2.45) is 5.92 Å². The van der Waals surface area contributed by atoms with E-state index in [1.165, 1.54) is 0 Å². The van der Waals surface area contributed by atoms with Gasteiger partial charge in [0.25, 0.3) is 0 Å². The molecule has 4 rings (SSSR count). The van der Waals surface area contributed by atoms with Crippen LogP contribution in [0.4, 0.5) is 5.69 Å². The van der Waals surface area contributed by atoms with Crippen LogP contribution in [0.1, 0.15) is 43.3 Å². The largest absolute Gasteiger partial charge is 0.299 e. The quantitative estimate of drug-likeness (QED) is 0.737. The summed E-state index contributed by atoms with van der Waals surface area (Å²) < 4.78 is 26.5. The average molecular weight is 398 g/mol. The Hall–Kier alpha value is -2.54. The molecule has 146 valence electrons. The number of hydrogen-bond acceptors (Lipinski definition) is 5. The highest BCUT2D eigenvalue weighted by atomic mass is 32.2. The van der Waals surface area contributed by atoms with E-state index in [4.69, 9.17) is 0 Å².